The first-order valence-electron chi connectivity index (χ1n) is 8.11. The maximum atomic E-state index is 13.6. The molecule has 2 rings (SSSR count). The van der Waals surface area contributed by atoms with E-state index in [4.69, 9.17) is 26.2 Å². The van der Waals surface area contributed by atoms with Gasteiger partial charge in [-0.1, -0.05) is 17.7 Å². The van der Waals surface area contributed by atoms with Crippen LogP contribution in [0.2, 0.25) is 5.02 Å². The summed E-state index contributed by atoms with van der Waals surface area (Å²) in [5.41, 5.74) is 0.350. The van der Waals surface area contributed by atoms with Crippen molar-refractivity contribution in [2.24, 2.45) is 0 Å². The van der Waals surface area contributed by atoms with E-state index in [9.17, 15) is 14.0 Å². The van der Waals surface area contributed by atoms with Crippen LogP contribution in [0.1, 0.15) is 37.3 Å². The molecule has 25 heavy (non-hydrogen) atoms. The van der Waals surface area contributed by atoms with Crippen molar-refractivity contribution in [3.63, 3.8) is 0 Å². The van der Waals surface area contributed by atoms with Crippen molar-refractivity contribution < 1.29 is 28.6 Å². The van der Waals surface area contributed by atoms with Gasteiger partial charge in [-0.2, -0.15) is 0 Å². The molecule has 0 aromatic heterocycles. The lowest BCUT2D eigenvalue weighted by atomic mass is 10.0. The summed E-state index contributed by atoms with van der Waals surface area (Å²) in [4.78, 5) is 23.1. The molecular formula is C17H21ClFNO5. The van der Waals surface area contributed by atoms with E-state index < -0.39 is 17.8 Å². The molecule has 0 saturated carbocycles. The SMILES string of the molecule is O=C(O)CC(NC(=O)CCOC1CCOCC1)c1ccc(Cl)c(F)c1. The Balaban J connectivity index is 1.88. The highest BCUT2D eigenvalue weighted by molar-refractivity contribution is 6.30. The van der Waals surface area contributed by atoms with E-state index in [1.165, 1.54) is 12.1 Å². The van der Waals surface area contributed by atoms with Crippen LogP contribution in [-0.4, -0.2) is 42.9 Å². The Morgan fingerprint density at radius 2 is 2.12 bits per heavy atom. The van der Waals surface area contributed by atoms with Gasteiger partial charge in [0.25, 0.3) is 0 Å². The average Bonchev–Trinajstić information content (AvgIpc) is 2.57. The van der Waals surface area contributed by atoms with Crippen LogP contribution < -0.4 is 5.32 Å². The fourth-order valence-electron chi connectivity index (χ4n) is 2.58. The molecule has 1 atom stereocenters. The minimum Gasteiger partial charge on any atom is -0.481 e. The minimum atomic E-state index is -1.10. The van der Waals surface area contributed by atoms with Gasteiger partial charge in [-0.3, -0.25) is 9.59 Å². The van der Waals surface area contributed by atoms with Crippen LogP contribution in [0.4, 0.5) is 4.39 Å². The molecule has 138 valence electrons. The number of hydrogen-bond donors (Lipinski definition) is 2. The average molecular weight is 374 g/mol. The molecule has 1 aromatic carbocycles. The molecule has 6 nitrogen and oxygen atoms in total. The van der Waals surface area contributed by atoms with E-state index in [1.807, 2.05) is 0 Å². The summed E-state index contributed by atoms with van der Waals surface area (Å²) < 4.78 is 24.5. The number of ether oxygens (including phenoxy) is 2. The summed E-state index contributed by atoms with van der Waals surface area (Å²) in [5.74, 6) is -2.11. The molecule has 1 aliphatic heterocycles. The Labute approximate surface area is 150 Å². The molecule has 2 N–H and O–H groups in total. The van der Waals surface area contributed by atoms with E-state index >= 15 is 0 Å². The maximum Gasteiger partial charge on any atom is 0.305 e. The van der Waals surface area contributed by atoms with Gasteiger partial charge < -0.3 is 19.9 Å². The number of hydrogen-bond acceptors (Lipinski definition) is 4. The van der Waals surface area contributed by atoms with Crippen molar-refractivity contribution >= 4 is 23.5 Å². The zero-order chi connectivity index (χ0) is 18.2. The van der Waals surface area contributed by atoms with Crippen LogP contribution >= 0.6 is 11.6 Å². The van der Waals surface area contributed by atoms with Crippen LogP contribution in [0, 0.1) is 5.82 Å². The third-order valence-electron chi connectivity index (χ3n) is 3.91. The number of carboxylic acids is 1. The minimum absolute atomic E-state index is 0.0611. The number of halogens is 2. The van der Waals surface area contributed by atoms with Gasteiger partial charge in [0.2, 0.25) is 5.91 Å². The number of carboxylic acid groups (broad SMARTS) is 1. The summed E-state index contributed by atoms with van der Waals surface area (Å²) in [6.45, 7) is 1.55. The number of nitrogens with one attached hydrogen (secondary N) is 1. The monoisotopic (exact) mass is 373 g/mol. The molecule has 1 saturated heterocycles. The fourth-order valence-corrected chi connectivity index (χ4v) is 2.70. The topological polar surface area (TPSA) is 84.9 Å². The predicted octanol–water partition coefficient (Wildman–Crippen LogP) is 2.70. The Morgan fingerprint density at radius 3 is 2.76 bits per heavy atom. The number of aliphatic carboxylic acids is 1. The summed E-state index contributed by atoms with van der Waals surface area (Å²) >= 11 is 5.64. The van der Waals surface area contributed by atoms with Crippen molar-refractivity contribution in [2.45, 2.75) is 37.8 Å². The molecule has 0 spiro atoms. The van der Waals surface area contributed by atoms with Crippen molar-refractivity contribution in [1.29, 1.82) is 0 Å². The standard InChI is InChI=1S/C17H21ClFNO5/c18-13-2-1-11(9-14(13)19)15(10-17(22)23)20-16(21)5-8-25-12-3-6-24-7-4-12/h1-2,9,12,15H,3-8,10H2,(H,20,21)(H,22,23). The Hall–Kier alpha value is -1.70. The van der Waals surface area contributed by atoms with Gasteiger partial charge in [-0.25, -0.2) is 4.39 Å². The number of carbonyl (C=O) groups is 2. The lowest BCUT2D eigenvalue weighted by molar-refractivity contribution is -0.137. The smallest absolute Gasteiger partial charge is 0.305 e. The van der Waals surface area contributed by atoms with Crippen molar-refractivity contribution in [3.05, 3.63) is 34.6 Å². The molecule has 1 fully saturated rings. The molecule has 1 aliphatic rings. The molecule has 0 radical (unpaired) electrons. The zero-order valence-corrected chi connectivity index (χ0v) is 14.4. The summed E-state index contributed by atoms with van der Waals surface area (Å²) in [7, 11) is 0. The van der Waals surface area contributed by atoms with E-state index in [0.717, 1.165) is 18.9 Å². The zero-order valence-electron chi connectivity index (χ0n) is 13.7. The molecule has 0 aliphatic carbocycles. The highest BCUT2D eigenvalue weighted by Gasteiger charge is 2.20. The van der Waals surface area contributed by atoms with Crippen molar-refractivity contribution in [3.8, 4) is 0 Å². The first kappa shape index (κ1) is 19.6. The van der Waals surface area contributed by atoms with Gasteiger partial charge in [-0.15, -0.1) is 0 Å². The normalized spacial score (nSPS) is 16.4. The van der Waals surface area contributed by atoms with E-state index in [-0.39, 0.29) is 36.5 Å². The van der Waals surface area contributed by atoms with Crippen LogP contribution in [0.5, 0.6) is 0 Å². The van der Waals surface area contributed by atoms with E-state index in [1.54, 1.807) is 0 Å². The van der Waals surface area contributed by atoms with E-state index in [0.29, 0.717) is 18.8 Å². The molecule has 1 amide bonds. The summed E-state index contributed by atoms with van der Waals surface area (Å²) in [6, 6.07) is 3.13. The Morgan fingerprint density at radius 1 is 1.40 bits per heavy atom. The fraction of sp³-hybridized carbons (Fsp3) is 0.529. The van der Waals surface area contributed by atoms with Crippen LogP contribution in [0.15, 0.2) is 18.2 Å². The second-order valence-corrected chi connectivity index (χ2v) is 6.23. The van der Waals surface area contributed by atoms with Crippen molar-refractivity contribution in [2.75, 3.05) is 19.8 Å². The molecule has 0 bridgehead atoms. The molecule has 1 heterocycles. The first-order chi connectivity index (χ1) is 12.0. The maximum absolute atomic E-state index is 13.6. The third-order valence-corrected chi connectivity index (χ3v) is 4.22. The summed E-state index contributed by atoms with van der Waals surface area (Å²) in [6.07, 6.45) is 1.43. The molecule has 1 unspecified atom stereocenters. The lowest BCUT2D eigenvalue weighted by Crippen LogP contribution is -2.32. The van der Waals surface area contributed by atoms with Crippen molar-refractivity contribution in [1.82, 2.24) is 5.32 Å². The number of benzene rings is 1. The second kappa shape index (κ2) is 9.70. The highest BCUT2D eigenvalue weighted by Crippen LogP contribution is 2.22. The van der Waals surface area contributed by atoms with E-state index in [2.05, 4.69) is 5.32 Å². The predicted molar refractivity (Wildman–Crippen MR) is 89.0 cm³/mol. The summed E-state index contributed by atoms with van der Waals surface area (Å²) in [5, 5.41) is 11.6. The van der Waals surface area contributed by atoms with Crippen LogP contribution in [-0.2, 0) is 19.1 Å². The quantitative estimate of drug-likeness (QED) is 0.731. The van der Waals surface area contributed by atoms with Gasteiger partial charge in [0.05, 0.1) is 30.2 Å². The third kappa shape index (κ3) is 6.61. The molecule has 8 heteroatoms. The Bertz CT molecular complexity index is 607. The van der Waals surface area contributed by atoms with Gasteiger partial charge in [0.1, 0.15) is 5.82 Å². The van der Waals surface area contributed by atoms with Crippen LogP contribution in [0.3, 0.4) is 0 Å². The molecule has 1 aromatic rings. The van der Waals surface area contributed by atoms with Gasteiger partial charge in [0.15, 0.2) is 0 Å². The number of carbonyl (C=O) groups excluding carboxylic acids is 1. The van der Waals surface area contributed by atoms with Crippen LogP contribution in [0.25, 0.3) is 0 Å². The number of rotatable bonds is 8. The van der Waals surface area contributed by atoms with Gasteiger partial charge >= 0.3 is 5.97 Å². The second-order valence-electron chi connectivity index (χ2n) is 5.82. The van der Waals surface area contributed by atoms with Gasteiger partial charge in [-0.05, 0) is 30.5 Å². The Kier molecular flexibility index (Phi) is 7.61. The highest BCUT2D eigenvalue weighted by atomic mass is 35.5. The largest absolute Gasteiger partial charge is 0.481 e. The molecular weight excluding hydrogens is 353 g/mol. The lowest BCUT2D eigenvalue weighted by Gasteiger charge is -2.22. The number of amides is 1. The first-order valence-corrected chi connectivity index (χ1v) is 8.49. The van der Waals surface area contributed by atoms with Gasteiger partial charge in [0, 0.05) is 19.6 Å².